The van der Waals surface area contributed by atoms with Gasteiger partial charge in [0.05, 0.1) is 25.2 Å². The van der Waals surface area contributed by atoms with E-state index >= 15 is 0 Å². The van der Waals surface area contributed by atoms with Crippen LogP contribution in [0.5, 0.6) is 0 Å². The molecular weight excluding hydrogens is 425 g/mol. The number of rotatable bonds is 6. The van der Waals surface area contributed by atoms with Crippen molar-refractivity contribution in [1.82, 2.24) is 4.98 Å². The average molecular weight is 454 g/mol. The minimum atomic E-state index is -4.37. The Bertz CT molecular complexity index is 1130. The zero-order chi connectivity index (χ0) is 23.1. The van der Waals surface area contributed by atoms with Gasteiger partial charge >= 0.3 is 6.30 Å². The van der Waals surface area contributed by atoms with Crippen LogP contribution in [-0.2, 0) is 11.3 Å². The summed E-state index contributed by atoms with van der Waals surface area (Å²) in [4.78, 5) is 4.43. The molecule has 0 aliphatic carbocycles. The molecule has 6 heteroatoms. The van der Waals surface area contributed by atoms with Gasteiger partial charge in [0.2, 0.25) is 0 Å². The van der Waals surface area contributed by atoms with Gasteiger partial charge in [0.25, 0.3) is 0 Å². The third-order valence-corrected chi connectivity index (χ3v) is 7.64. The number of halogens is 3. The second-order valence-electron chi connectivity index (χ2n) is 9.29. The predicted molar refractivity (Wildman–Crippen MR) is 122 cm³/mol. The molecule has 33 heavy (non-hydrogen) atoms. The highest BCUT2D eigenvalue weighted by Gasteiger charge is 2.67. The zero-order valence-electron chi connectivity index (χ0n) is 18.4. The monoisotopic (exact) mass is 453 g/mol. The number of alkyl halides is 3. The maximum atomic E-state index is 14.8. The van der Waals surface area contributed by atoms with E-state index in [1.165, 1.54) is 0 Å². The topological polar surface area (TPSA) is 22.1 Å². The van der Waals surface area contributed by atoms with Crippen LogP contribution < -0.4 is 0 Å². The van der Waals surface area contributed by atoms with E-state index in [0.717, 1.165) is 22.0 Å². The van der Waals surface area contributed by atoms with E-state index in [1.54, 1.807) is 12.3 Å². The number of para-hydroxylation sites is 1. The van der Waals surface area contributed by atoms with E-state index in [4.69, 9.17) is 4.74 Å². The number of ether oxygens (including phenoxy) is 1. The van der Waals surface area contributed by atoms with Gasteiger partial charge in [0.1, 0.15) is 12.1 Å². The molecule has 6 rings (SSSR count). The predicted octanol–water partition coefficient (Wildman–Crippen LogP) is 6.42. The van der Waals surface area contributed by atoms with Crippen LogP contribution in [0.1, 0.15) is 30.1 Å². The van der Waals surface area contributed by atoms with E-state index in [2.05, 4.69) is 11.6 Å². The minimum absolute atomic E-state index is 0.0382. The summed E-state index contributed by atoms with van der Waals surface area (Å²) in [6.07, 6.45) is -0.637. The van der Waals surface area contributed by atoms with Crippen LogP contribution in [0.4, 0.5) is 13.2 Å². The Labute approximate surface area is 192 Å². The Hall–Kier alpha value is -2.70. The Morgan fingerprint density at radius 1 is 1.09 bits per heavy atom. The molecule has 5 atom stereocenters. The minimum Gasteiger partial charge on any atom is -0.363 e. The number of aromatic nitrogens is 1. The van der Waals surface area contributed by atoms with Crippen LogP contribution in [0, 0.1) is 11.8 Å². The normalized spacial score (nSPS) is 28.0. The van der Waals surface area contributed by atoms with E-state index < -0.39 is 22.9 Å². The second kappa shape index (κ2) is 8.58. The van der Waals surface area contributed by atoms with Gasteiger partial charge in [0.15, 0.2) is 0 Å². The van der Waals surface area contributed by atoms with Crippen molar-refractivity contribution in [2.45, 2.75) is 37.9 Å². The van der Waals surface area contributed by atoms with Crippen LogP contribution in [0.2, 0.25) is 0 Å². The third-order valence-electron chi connectivity index (χ3n) is 7.64. The summed E-state index contributed by atoms with van der Waals surface area (Å²) in [5.41, 5.74) is 2.49. The number of hydrogen-bond donors (Lipinski definition) is 0. The summed E-state index contributed by atoms with van der Waals surface area (Å²) in [6.45, 7) is 4.23. The molecule has 1 aromatic heterocycles. The van der Waals surface area contributed by atoms with Gasteiger partial charge in [-0.25, -0.2) is 4.48 Å². The van der Waals surface area contributed by atoms with Crippen LogP contribution in [0.25, 0.3) is 10.9 Å². The fraction of sp³-hybridized carbons (Fsp3) is 0.370. The van der Waals surface area contributed by atoms with Gasteiger partial charge in [-0.15, -0.1) is 19.8 Å². The summed E-state index contributed by atoms with van der Waals surface area (Å²) in [5, 5.41) is 0.848. The highest BCUT2D eigenvalue weighted by Crippen LogP contribution is 2.53. The van der Waals surface area contributed by atoms with Gasteiger partial charge in [0, 0.05) is 30.3 Å². The molecule has 3 aliphatic heterocycles. The van der Waals surface area contributed by atoms with Crippen molar-refractivity contribution in [2.75, 3.05) is 13.1 Å². The van der Waals surface area contributed by atoms with Crippen LogP contribution in [0.15, 0.2) is 79.5 Å². The van der Waals surface area contributed by atoms with Gasteiger partial charge in [-0.3, -0.25) is 4.98 Å². The van der Waals surface area contributed by atoms with Gasteiger partial charge in [-0.1, -0.05) is 54.6 Å². The highest BCUT2D eigenvalue weighted by atomic mass is 19.4. The maximum Gasteiger partial charge on any atom is 0.561 e. The van der Waals surface area contributed by atoms with Gasteiger partial charge < -0.3 is 4.74 Å². The summed E-state index contributed by atoms with van der Waals surface area (Å²) in [6, 6.07) is 18.4. The van der Waals surface area contributed by atoms with E-state index in [9.17, 15) is 13.2 Å². The van der Waals surface area contributed by atoms with Crippen molar-refractivity contribution in [3.05, 3.63) is 90.6 Å². The first-order valence-corrected chi connectivity index (χ1v) is 11.5. The zero-order valence-corrected chi connectivity index (χ0v) is 18.4. The quantitative estimate of drug-likeness (QED) is 0.244. The Kier molecular flexibility index (Phi) is 5.75. The van der Waals surface area contributed by atoms with E-state index in [0.29, 0.717) is 12.8 Å². The van der Waals surface area contributed by atoms with Crippen molar-refractivity contribution >= 4 is 10.9 Å². The lowest BCUT2D eigenvalue weighted by molar-refractivity contribution is -1.06. The van der Waals surface area contributed by atoms with E-state index in [-0.39, 0.29) is 31.5 Å². The SMILES string of the molecule is C=C[C@H]1C[N@+]2(C(F)(F)F)CC[C@H]1C[C@@H]2[C@@H](OCc1ccccc1)c1ccnc2ccccc12. The molecule has 3 aliphatic rings. The fourth-order valence-electron chi connectivity index (χ4n) is 5.94. The van der Waals surface area contributed by atoms with E-state index in [1.807, 2.05) is 60.7 Å². The van der Waals surface area contributed by atoms with Gasteiger partial charge in [-0.05, 0) is 29.2 Å². The summed E-state index contributed by atoms with van der Waals surface area (Å²) >= 11 is 0. The number of piperidine rings is 3. The van der Waals surface area contributed by atoms with Crippen molar-refractivity contribution in [1.29, 1.82) is 0 Å². The molecule has 2 aromatic carbocycles. The lowest BCUT2D eigenvalue weighted by Crippen LogP contribution is -2.73. The molecule has 4 heterocycles. The summed E-state index contributed by atoms with van der Waals surface area (Å²) in [7, 11) is 0. The molecule has 0 amide bonds. The molecule has 0 radical (unpaired) electrons. The number of hydrogen-bond acceptors (Lipinski definition) is 2. The third kappa shape index (κ3) is 3.85. The highest BCUT2D eigenvalue weighted by molar-refractivity contribution is 5.82. The standard InChI is InChI=1S/C27H28F3N2O/c1-2-20-17-32(27(28,29)30)15-13-21(20)16-25(32)26(33-18-19-8-4-3-5-9-19)23-12-14-31-24-11-7-6-10-22(23)24/h2-12,14,20-21,25-26H,1,13,15-18H2/q+1/t20-,21-,25+,26-,32+/m0/s1. The Balaban J connectivity index is 1.61. The Morgan fingerprint density at radius 3 is 2.61 bits per heavy atom. The van der Waals surface area contributed by atoms with Crippen molar-refractivity contribution in [3.63, 3.8) is 0 Å². The number of nitrogens with zero attached hydrogens (tertiary/aromatic N) is 2. The molecule has 3 fully saturated rings. The first-order valence-electron chi connectivity index (χ1n) is 11.5. The van der Waals surface area contributed by atoms with Crippen molar-refractivity contribution in [2.24, 2.45) is 11.8 Å². The molecule has 0 N–H and O–H groups in total. The van der Waals surface area contributed by atoms with Gasteiger partial charge in [-0.2, -0.15) is 0 Å². The molecule has 3 nitrogen and oxygen atoms in total. The van der Waals surface area contributed by atoms with Crippen molar-refractivity contribution < 1.29 is 22.4 Å². The molecule has 2 bridgehead atoms. The maximum absolute atomic E-state index is 14.8. The number of quaternary nitrogens is 1. The first kappa shape index (κ1) is 22.1. The van der Waals surface area contributed by atoms with Crippen LogP contribution >= 0.6 is 0 Å². The molecule has 0 unspecified atom stereocenters. The average Bonchev–Trinajstić information content (AvgIpc) is 2.84. The molecular formula is C27H28F3N2O+. The fourth-order valence-corrected chi connectivity index (χ4v) is 5.94. The lowest BCUT2D eigenvalue weighted by atomic mass is 9.71. The smallest absolute Gasteiger partial charge is 0.363 e. The second-order valence-corrected chi connectivity index (χ2v) is 9.29. The first-order chi connectivity index (χ1) is 15.9. The molecule has 3 aromatic rings. The molecule has 0 saturated carbocycles. The molecule has 3 saturated heterocycles. The number of pyridine rings is 1. The summed E-state index contributed by atoms with van der Waals surface area (Å²) in [5.74, 6) is 0.0753. The number of benzene rings is 2. The van der Waals surface area contributed by atoms with Crippen LogP contribution in [-0.4, -0.2) is 34.9 Å². The lowest BCUT2D eigenvalue weighted by Gasteiger charge is -2.57. The summed E-state index contributed by atoms with van der Waals surface area (Å²) < 4.78 is 49.9. The largest absolute Gasteiger partial charge is 0.561 e. The molecule has 172 valence electrons. The van der Waals surface area contributed by atoms with Crippen LogP contribution in [0.3, 0.4) is 0 Å². The van der Waals surface area contributed by atoms with Crippen molar-refractivity contribution in [3.8, 4) is 0 Å². The Morgan fingerprint density at radius 2 is 1.85 bits per heavy atom. The molecule has 0 spiro atoms. The number of fused-ring (bicyclic) bond motifs is 4.